The zero-order chi connectivity index (χ0) is 18.3. The Morgan fingerprint density at radius 2 is 1.81 bits per heavy atom. The summed E-state index contributed by atoms with van der Waals surface area (Å²) < 4.78 is 24.1. The van der Waals surface area contributed by atoms with E-state index in [4.69, 9.17) is 28.2 Å². The number of hydrogen-bond acceptors (Lipinski definition) is 5. The summed E-state index contributed by atoms with van der Waals surface area (Å²) in [6, 6.07) is 14.8. The maximum absolute atomic E-state index is 12.1. The highest BCUT2D eigenvalue weighted by Gasteiger charge is 2.47. The molecular formula is C18H16Cl2N2O2S2. The Balaban J connectivity index is 1.63. The third kappa shape index (κ3) is 3.74. The van der Waals surface area contributed by atoms with Crippen molar-refractivity contribution in [1.29, 1.82) is 0 Å². The summed E-state index contributed by atoms with van der Waals surface area (Å²) in [6.45, 7) is 0. The van der Waals surface area contributed by atoms with Gasteiger partial charge in [-0.25, -0.2) is 8.42 Å². The Morgan fingerprint density at radius 3 is 2.54 bits per heavy atom. The minimum Gasteiger partial charge on any atom is -0.315 e. The molecule has 2 heterocycles. The lowest BCUT2D eigenvalue weighted by Crippen LogP contribution is -2.39. The van der Waals surface area contributed by atoms with Gasteiger partial charge in [-0.3, -0.25) is 4.99 Å². The van der Waals surface area contributed by atoms with Crippen molar-refractivity contribution in [2.75, 3.05) is 16.4 Å². The van der Waals surface area contributed by atoms with Gasteiger partial charge in [-0.2, -0.15) is 0 Å². The SMILES string of the molecule is O=S1(=O)C[C@H]2N=C(SCc3cccc(Cl)c3)N(c3cccc(Cl)c3)[C@H]2C1. The maximum Gasteiger partial charge on any atom is 0.164 e. The van der Waals surface area contributed by atoms with E-state index >= 15 is 0 Å². The monoisotopic (exact) mass is 426 g/mol. The third-order valence-corrected chi connectivity index (χ3v) is 7.66. The molecule has 0 saturated carbocycles. The van der Waals surface area contributed by atoms with Crippen molar-refractivity contribution in [2.45, 2.75) is 17.8 Å². The van der Waals surface area contributed by atoms with Gasteiger partial charge in [-0.15, -0.1) is 0 Å². The molecular weight excluding hydrogens is 411 g/mol. The van der Waals surface area contributed by atoms with E-state index in [1.165, 1.54) is 0 Å². The smallest absolute Gasteiger partial charge is 0.164 e. The quantitative estimate of drug-likeness (QED) is 0.734. The standard InChI is InChI=1S/C18H16Cl2N2O2S2/c19-13-4-1-3-12(7-13)9-25-18-21-16-10-26(23,24)11-17(16)22(18)15-6-2-5-14(20)8-15/h1-8,16-17H,9-11H2/t16-,17+/m1/s1. The molecule has 2 aromatic carbocycles. The fourth-order valence-corrected chi connectivity index (χ4v) is 6.64. The zero-order valence-electron chi connectivity index (χ0n) is 13.7. The molecule has 136 valence electrons. The molecule has 0 aliphatic carbocycles. The summed E-state index contributed by atoms with van der Waals surface area (Å²) in [7, 11) is -3.06. The van der Waals surface area contributed by atoms with Crippen LogP contribution in [0.4, 0.5) is 5.69 Å². The van der Waals surface area contributed by atoms with Gasteiger partial charge in [0.15, 0.2) is 15.0 Å². The van der Waals surface area contributed by atoms with E-state index in [9.17, 15) is 8.42 Å². The van der Waals surface area contributed by atoms with Crippen LogP contribution in [0.3, 0.4) is 0 Å². The number of rotatable bonds is 3. The van der Waals surface area contributed by atoms with Gasteiger partial charge in [0.25, 0.3) is 0 Å². The van der Waals surface area contributed by atoms with E-state index in [0.29, 0.717) is 15.8 Å². The molecule has 0 aromatic heterocycles. The Morgan fingerprint density at radius 1 is 1.08 bits per heavy atom. The molecule has 2 atom stereocenters. The van der Waals surface area contributed by atoms with Gasteiger partial charge in [0.05, 0.1) is 23.6 Å². The van der Waals surface area contributed by atoms with Crippen molar-refractivity contribution in [3.63, 3.8) is 0 Å². The number of halogens is 2. The van der Waals surface area contributed by atoms with Crippen LogP contribution in [-0.4, -0.2) is 37.2 Å². The number of amidine groups is 1. The predicted molar refractivity (Wildman–Crippen MR) is 110 cm³/mol. The van der Waals surface area contributed by atoms with Gasteiger partial charge in [0, 0.05) is 21.5 Å². The molecule has 0 unspecified atom stereocenters. The van der Waals surface area contributed by atoms with Crippen molar-refractivity contribution in [3.8, 4) is 0 Å². The molecule has 8 heteroatoms. The van der Waals surface area contributed by atoms with Crippen LogP contribution in [-0.2, 0) is 15.6 Å². The van der Waals surface area contributed by atoms with Gasteiger partial charge in [-0.1, -0.05) is 53.2 Å². The predicted octanol–water partition coefficient (Wildman–Crippen LogP) is 4.27. The number of benzene rings is 2. The van der Waals surface area contributed by atoms with Gasteiger partial charge in [-0.05, 0) is 35.9 Å². The van der Waals surface area contributed by atoms with E-state index in [-0.39, 0.29) is 23.6 Å². The largest absolute Gasteiger partial charge is 0.315 e. The number of hydrogen-bond donors (Lipinski definition) is 0. The molecule has 2 aliphatic heterocycles. The molecule has 26 heavy (non-hydrogen) atoms. The first-order valence-electron chi connectivity index (χ1n) is 8.11. The molecule has 2 aromatic rings. The molecule has 0 spiro atoms. The number of nitrogens with zero attached hydrogens (tertiary/aromatic N) is 2. The Hall–Kier alpha value is -1.21. The first-order chi connectivity index (χ1) is 12.4. The first-order valence-corrected chi connectivity index (χ1v) is 11.7. The number of sulfone groups is 1. The highest BCUT2D eigenvalue weighted by Crippen LogP contribution is 2.36. The summed E-state index contributed by atoms with van der Waals surface area (Å²) in [4.78, 5) is 6.75. The van der Waals surface area contributed by atoms with E-state index in [2.05, 4.69) is 0 Å². The van der Waals surface area contributed by atoms with Crippen molar-refractivity contribution in [2.24, 2.45) is 4.99 Å². The fourth-order valence-electron chi connectivity index (χ4n) is 3.34. The fraction of sp³-hybridized carbons (Fsp3) is 0.278. The van der Waals surface area contributed by atoms with Crippen LogP contribution in [0.2, 0.25) is 10.0 Å². The third-order valence-electron chi connectivity index (χ3n) is 4.45. The number of fused-ring (bicyclic) bond motifs is 1. The van der Waals surface area contributed by atoms with Crippen LogP contribution < -0.4 is 4.90 Å². The Kier molecular flexibility index (Phi) is 4.94. The van der Waals surface area contributed by atoms with Crippen LogP contribution in [0.25, 0.3) is 0 Å². The van der Waals surface area contributed by atoms with Crippen LogP contribution in [0.5, 0.6) is 0 Å². The molecule has 0 bridgehead atoms. The minimum absolute atomic E-state index is 0.107. The molecule has 4 nitrogen and oxygen atoms in total. The number of aliphatic imine (C=N–C) groups is 1. The van der Waals surface area contributed by atoms with Crippen LogP contribution in [0.1, 0.15) is 5.56 Å². The van der Waals surface area contributed by atoms with Gasteiger partial charge in [0.1, 0.15) is 0 Å². The average Bonchev–Trinajstić information content (AvgIpc) is 3.04. The second-order valence-electron chi connectivity index (χ2n) is 6.39. The maximum atomic E-state index is 12.1. The molecule has 4 rings (SSSR count). The van der Waals surface area contributed by atoms with Gasteiger partial charge < -0.3 is 4.90 Å². The van der Waals surface area contributed by atoms with E-state index in [1.54, 1.807) is 17.8 Å². The lowest BCUT2D eigenvalue weighted by Gasteiger charge is -2.26. The lowest BCUT2D eigenvalue weighted by atomic mass is 10.1. The van der Waals surface area contributed by atoms with Crippen LogP contribution in [0, 0.1) is 0 Å². The Bertz CT molecular complexity index is 979. The molecule has 0 radical (unpaired) electrons. The van der Waals surface area contributed by atoms with E-state index in [0.717, 1.165) is 16.4 Å². The zero-order valence-corrected chi connectivity index (χ0v) is 16.8. The molecule has 2 aliphatic rings. The second-order valence-corrected chi connectivity index (χ2v) is 10.4. The summed E-state index contributed by atoms with van der Waals surface area (Å²) in [6.07, 6.45) is 0. The highest BCUT2D eigenvalue weighted by molar-refractivity contribution is 8.13. The van der Waals surface area contributed by atoms with Crippen molar-refractivity contribution < 1.29 is 8.42 Å². The number of anilines is 1. The summed E-state index contributed by atoms with van der Waals surface area (Å²) in [5.74, 6) is 0.938. The van der Waals surface area contributed by atoms with Gasteiger partial charge in [0.2, 0.25) is 0 Å². The lowest BCUT2D eigenvalue weighted by molar-refractivity contribution is 0.601. The second kappa shape index (κ2) is 7.08. The van der Waals surface area contributed by atoms with Crippen molar-refractivity contribution >= 4 is 55.7 Å². The van der Waals surface area contributed by atoms with Gasteiger partial charge >= 0.3 is 0 Å². The van der Waals surface area contributed by atoms with E-state index in [1.807, 2.05) is 47.4 Å². The summed E-state index contributed by atoms with van der Waals surface area (Å²) in [5, 5.41) is 2.15. The molecule has 0 amide bonds. The van der Waals surface area contributed by atoms with E-state index < -0.39 is 9.84 Å². The normalized spacial score (nSPS) is 23.8. The average molecular weight is 427 g/mol. The summed E-state index contributed by atoms with van der Waals surface area (Å²) >= 11 is 13.8. The van der Waals surface area contributed by atoms with Crippen LogP contribution in [0.15, 0.2) is 53.5 Å². The van der Waals surface area contributed by atoms with Crippen LogP contribution >= 0.6 is 35.0 Å². The topological polar surface area (TPSA) is 49.7 Å². The first kappa shape index (κ1) is 18.2. The van der Waals surface area contributed by atoms with Crippen molar-refractivity contribution in [1.82, 2.24) is 0 Å². The van der Waals surface area contributed by atoms with Crippen molar-refractivity contribution in [3.05, 3.63) is 64.1 Å². The number of thioether (sulfide) groups is 1. The highest BCUT2D eigenvalue weighted by atomic mass is 35.5. The minimum atomic E-state index is -3.06. The molecule has 1 saturated heterocycles. The Labute approximate surface area is 167 Å². The summed E-state index contributed by atoms with van der Waals surface area (Å²) in [5.41, 5.74) is 1.97. The molecule has 0 N–H and O–H groups in total. The molecule has 1 fully saturated rings.